The van der Waals surface area contributed by atoms with Gasteiger partial charge in [-0.15, -0.1) is 0 Å². The molecule has 2 aromatic rings. The number of aromatic nitrogens is 3. The Kier molecular flexibility index (Phi) is 4.09. The normalized spacial score (nSPS) is 9.95. The predicted molar refractivity (Wildman–Crippen MR) is 75.1 cm³/mol. The van der Waals surface area contributed by atoms with Crippen LogP contribution in [0, 0.1) is 6.92 Å². The number of ether oxygens (including phenoxy) is 1. The molecule has 0 atom stereocenters. The van der Waals surface area contributed by atoms with Crippen molar-refractivity contribution in [3.63, 3.8) is 0 Å². The van der Waals surface area contributed by atoms with E-state index in [-0.39, 0.29) is 11.9 Å². The molecule has 0 aliphatic heterocycles. The maximum atomic E-state index is 12.2. The minimum atomic E-state index is -0.315. The molecule has 2 heterocycles. The van der Waals surface area contributed by atoms with E-state index in [1.807, 2.05) is 0 Å². The number of hydrogen-bond acceptors (Lipinski definition) is 6. The molecule has 0 fully saturated rings. The van der Waals surface area contributed by atoms with Gasteiger partial charge in [0, 0.05) is 25.0 Å². The summed E-state index contributed by atoms with van der Waals surface area (Å²) in [5.74, 6) is 0.284. The number of pyridine rings is 1. The van der Waals surface area contributed by atoms with Crippen molar-refractivity contribution >= 4 is 17.5 Å². The number of nitrogens with one attached hydrogen (secondary N) is 2. The molecule has 0 radical (unpaired) electrons. The highest BCUT2D eigenvalue weighted by molar-refractivity contribution is 6.07. The van der Waals surface area contributed by atoms with Crippen molar-refractivity contribution in [2.45, 2.75) is 6.92 Å². The van der Waals surface area contributed by atoms with Gasteiger partial charge in [-0.3, -0.25) is 15.1 Å². The number of amides is 1. The molecule has 0 unspecified atom stereocenters. The maximum absolute atomic E-state index is 12.2. The summed E-state index contributed by atoms with van der Waals surface area (Å²) in [6.07, 6.45) is 3.13. The Morgan fingerprint density at radius 2 is 2.15 bits per heavy atom. The first-order valence-electron chi connectivity index (χ1n) is 5.97. The Hall–Kier alpha value is -2.70. The van der Waals surface area contributed by atoms with Crippen LogP contribution in [0.15, 0.2) is 24.5 Å². The summed E-state index contributed by atoms with van der Waals surface area (Å²) in [5, 5.41) is 5.55. The van der Waals surface area contributed by atoms with Gasteiger partial charge in [0.05, 0.1) is 24.6 Å². The summed E-state index contributed by atoms with van der Waals surface area (Å²) in [6.45, 7) is 1.80. The van der Waals surface area contributed by atoms with Crippen LogP contribution in [0.25, 0.3) is 0 Å². The number of aryl methyl sites for hydroxylation is 1. The highest BCUT2D eigenvalue weighted by Crippen LogP contribution is 2.16. The topological polar surface area (TPSA) is 89.0 Å². The molecule has 104 valence electrons. The lowest BCUT2D eigenvalue weighted by Crippen LogP contribution is -2.16. The number of carbonyl (C=O) groups excluding carboxylic acids is 1. The van der Waals surface area contributed by atoms with Gasteiger partial charge in [-0.05, 0) is 13.0 Å². The lowest BCUT2D eigenvalue weighted by Gasteiger charge is -2.09. The van der Waals surface area contributed by atoms with Crippen LogP contribution in [-0.4, -0.2) is 35.0 Å². The smallest absolute Gasteiger partial charge is 0.260 e. The summed E-state index contributed by atoms with van der Waals surface area (Å²) < 4.78 is 5.04. The fourth-order valence-electron chi connectivity index (χ4n) is 1.66. The third-order valence-corrected chi connectivity index (χ3v) is 2.60. The molecule has 0 saturated carbocycles. The Morgan fingerprint density at radius 1 is 1.35 bits per heavy atom. The molecule has 0 saturated heterocycles. The molecule has 2 aromatic heterocycles. The second-order valence-corrected chi connectivity index (χ2v) is 4.00. The molecule has 2 rings (SSSR count). The first kappa shape index (κ1) is 13.7. The van der Waals surface area contributed by atoms with Crippen LogP contribution in [0.1, 0.15) is 16.1 Å². The fourth-order valence-corrected chi connectivity index (χ4v) is 1.66. The molecule has 0 aliphatic carbocycles. The van der Waals surface area contributed by atoms with Crippen LogP contribution >= 0.6 is 0 Å². The minimum absolute atomic E-state index is 0.200. The van der Waals surface area contributed by atoms with E-state index < -0.39 is 0 Å². The molecular weight excluding hydrogens is 258 g/mol. The summed E-state index contributed by atoms with van der Waals surface area (Å²) in [6, 6.07) is 3.30. The number of rotatable bonds is 4. The molecular formula is C13H15N5O2. The van der Waals surface area contributed by atoms with Gasteiger partial charge in [-0.1, -0.05) is 0 Å². The van der Waals surface area contributed by atoms with Crippen molar-refractivity contribution in [3.8, 4) is 5.88 Å². The second kappa shape index (κ2) is 5.96. The van der Waals surface area contributed by atoms with Crippen molar-refractivity contribution in [2.24, 2.45) is 0 Å². The third kappa shape index (κ3) is 3.00. The van der Waals surface area contributed by atoms with E-state index in [4.69, 9.17) is 4.74 Å². The van der Waals surface area contributed by atoms with E-state index in [0.717, 1.165) is 0 Å². The van der Waals surface area contributed by atoms with Gasteiger partial charge in [-0.25, -0.2) is 4.98 Å². The number of hydrogen-bond donors (Lipinski definition) is 2. The van der Waals surface area contributed by atoms with Crippen molar-refractivity contribution < 1.29 is 9.53 Å². The lowest BCUT2D eigenvalue weighted by atomic mass is 10.2. The van der Waals surface area contributed by atoms with Crippen molar-refractivity contribution in [2.75, 3.05) is 24.8 Å². The third-order valence-electron chi connectivity index (χ3n) is 2.60. The van der Waals surface area contributed by atoms with E-state index in [1.165, 1.54) is 7.11 Å². The van der Waals surface area contributed by atoms with Crippen molar-refractivity contribution in [1.29, 1.82) is 0 Å². The number of anilines is 2. The molecule has 7 nitrogen and oxygen atoms in total. The zero-order chi connectivity index (χ0) is 14.5. The SMILES string of the molecule is CNc1cnccc1C(=O)Nc1nc(C)cc(OC)n1. The summed E-state index contributed by atoms with van der Waals surface area (Å²) in [5.41, 5.74) is 1.80. The van der Waals surface area contributed by atoms with Crippen LogP contribution in [0.2, 0.25) is 0 Å². The zero-order valence-corrected chi connectivity index (χ0v) is 11.5. The van der Waals surface area contributed by atoms with Gasteiger partial charge < -0.3 is 10.1 Å². The molecule has 1 amide bonds. The molecule has 0 aliphatic rings. The molecule has 7 heteroatoms. The highest BCUT2D eigenvalue weighted by Gasteiger charge is 2.13. The Bertz CT molecular complexity index is 630. The fraction of sp³-hybridized carbons (Fsp3) is 0.231. The Morgan fingerprint density at radius 3 is 2.85 bits per heavy atom. The minimum Gasteiger partial charge on any atom is -0.481 e. The highest BCUT2D eigenvalue weighted by atomic mass is 16.5. The van der Waals surface area contributed by atoms with Crippen molar-refractivity contribution in [1.82, 2.24) is 15.0 Å². The first-order chi connectivity index (χ1) is 9.63. The Labute approximate surface area is 116 Å². The largest absolute Gasteiger partial charge is 0.481 e. The predicted octanol–water partition coefficient (Wildman–Crippen LogP) is 1.48. The number of nitrogens with zero attached hydrogens (tertiary/aromatic N) is 3. The maximum Gasteiger partial charge on any atom is 0.260 e. The van der Waals surface area contributed by atoms with Crippen molar-refractivity contribution in [3.05, 3.63) is 35.8 Å². The van der Waals surface area contributed by atoms with Crippen LogP contribution < -0.4 is 15.4 Å². The van der Waals surface area contributed by atoms with E-state index in [9.17, 15) is 4.79 Å². The van der Waals surface area contributed by atoms with E-state index in [2.05, 4.69) is 25.6 Å². The summed E-state index contributed by atoms with van der Waals surface area (Å²) in [7, 11) is 3.23. The quantitative estimate of drug-likeness (QED) is 0.877. The number of methoxy groups -OCH3 is 1. The molecule has 2 N–H and O–H groups in total. The molecule has 0 spiro atoms. The van der Waals surface area contributed by atoms with Gasteiger partial charge in [0.2, 0.25) is 11.8 Å². The molecule has 0 bridgehead atoms. The summed E-state index contributed by atoms with van der Waals surface area (Å²) >= 11 is 0. The second-order valence-electron chi connectivity index (χ2n) is 4.00. The standard InChI is InChI=1S/C13H15N5O2/c1-8-6-11(20-3)17-13(16-8)18-12(19)9-4-5-15-7-10(9)14-2/h4-7,14H,1-3H3,(H,16,17,18,19). The monoisotopic (exact) mass is 273 g/mol. The molecule has 0 aromatic carbocycles. The zero-order valence-electron chi connectivity index (χ0n) is 11.5. The van der Waals surface area contributed by atoms with E-state index >= 15 is 0 Å². The summed E-state index contributed by atoms with van der Waals surface area (Å²) in [4.78, 5) is 24.4. The van der Waals surface area contributed by atoms with Gasteiger partial charge in [-0.2, -0.15) is 4.98 Å². The van der Waals surface area contributed by atoms with Crippen LogP contribution in [0.5, 0.6) is 5.88 Å². The Balaban J connectivity index is 2.25. The first-order valence-corrected chi connectivity index (χ1v) is 5.97. The van der Waals surface area contributed by atoms with Gasteiger partial charge in [0.1, 0.15) is 0 Å². The van der Waals surface area contributed by atoms with E-state index in [0.29, 0.717) is 22.8 Å². The van der Waals surface area contributed by atoms with Crippen LogP contribution in [0.3, 0.4) is 0 Å². The average molecular weight is 273 g/mol. The lowest BCUT2D eigenvalue weighted by molar-refractivity contribution is 0.102. The number of carbonyl (C=O) groups is 1. The van der Waals surface area contributed by atoms with Gasteiger partial charge in [0.25, 0.3) is 5.91 Å². The van der Waals surface area contributed by atoms with Gasteiger partial charge in [0.15, 0.2) is 0 Å². The average Bonchev–Trinajstić information content (AvgIpc) is 2.46. The van der Waals surface area contributed by atoms with Crippen LogP contribution in [-0.2, 0) is 0 Å². The van der Waals surface area contributed by atoms with Gasteiger partial charge >= 0.3 is 0 Å². The van der Waals surface area contributed by atoms with E-state index in [1.54, 1.807) is 38.5 Å². The molecule has 20 heavy (non-hydrogen) atoms. The van der Waals surface area contributed by atoms with Crippen LogP contribution in [0.4, 0.5) is 11.6 Å².